The van der Waals surface area contributed by atoms with Crippen molar-refractivity contribution in [3.05, 3.63) is 36.4 Å². The molecule has 2 rings (SSSR count). The fourth-order valence-corrected chi connectivity index (χ4v) is 2.19. The van der Waals surface area contributed by atoms with Gasteiger partial charge in [0, 0.05) is 16.5 Å². The van der Waals surface area contributed by atoms with Gasteiger partial charge in [-0.1, -0.05) is 24.3 Å². The Balaban J connectivity index is -0.000000256. The smallest absolute Gasteiger partial charge is 0.744 e. The van der Waals surface area contributed by atoms with E-state index in [0.717, 1.165) is 0 Å². The van der Waals surface area contributed by atoms with Gasteiger partial charge in [-0.15, -0.1) is 0 Å². The molecule has 0 saturated carbocycles. The Kier molecular flexibility index (Phi) is 13.8. The molecular formula is C10H16NNaO7S. The predicted octanol–water partition coefficient (Wildman–Crippen LogP) is -4.97. The van der Waals surface area contributed by atoms with Crippen LogP contribution in [0.2, 0.25) is 0 Å². The third kappa shape index (κ3) is 5.32. The van der Waals surface area contributed by atoms with Crippen LogP contribution in [0.25, 0.3) is 10.8 Å². The number of rotatable bonds is 1. The van der Waals surface area contributed by atoms with Crippen molar-refractivity contribution in [3.63, 3.8) is 0 Å². The zero-order chi connectivity index (χ0) is 11.1. The first kappa shape index (κ1) is 27.6. The fourth-order valence-electron chi connectivity index (χ4n) is 1.51. The van der Waals surface area contributed by atoms with Gasteiger partial charge in [-0.25, -0.2) is 8.42 Å². The van der Waals surface area contributed by atoms with Gasteiger partial charge >= 0.3 is 29.6 Å². The monoisotopic (exact) mass is 317 g/mol. The Hall–Kier alpha value is -0.750. The largest absolute Gasteiger partial charge is 1.00 e. The van der Waals surface area contributed by atoms with Crippen LogP contribution in [-0.4, -0.2) is 34.9 Å². The summed E-state index contributed by atoms with van der Waals surface area (Å²) in [5.74, 6) is 0. The first-order chi connectivity index (χ1) is 7.00. The number of anilines is 1. The number of fused-ring (bicyclic) bond motifs is 1. The minimum Gasteiger partial charge on any atom is -0.744 e. The number of hydrogen-bond acceptors (Lipinski definition) is 4. The summed E-state index contributed by atoms with van der Waals surface area (Å²) >= 11 is 0. The molecule has 0 aliphatic rings. The molecule has 0 atom stereocenters. The molecule has 0 bridgehead atoms. The molecule has 10 heteroatoms. The van der Waals surface area contributed by atoms with E-state index in [1.807, 2.05) is 0 Å². The van der Waals surface area contributed by atoms with E-state index in [9.17, 15) is 13.0 Å². The van der Waals surface area contributed by atoms with Gasteiger partial charge in [-0.05, 0) is 12.1 Å². The molecule has 20 heavy (non-hydrogen) atoms. The zero-order valence-corrected chi connectivity index (χ0v) is 13.5. The van der Waals surface area contributed by atoms with Crippen LogP contribution >= 0.6 is 0 Å². The van der Waals surface area contributed by atoms with E-state index in [0.29, 0.717) is 16.5 Å². The molecule has 0 heterocycles. The van der Waals surface area contributed by atoms with Crippen molar-refractivity contribution in [1.29, 1.82) is 0 Å². The molecule has 2 aromatic rings. The molecule has 0 fully saturated rings. The van der Waals surface area contributed by atoms with Crippen LogP contribution in [0.1, 0.15) is 0 Å². The maximum absolute atomic E-state index is 11.0. The molecule has 8 nitrogen and oxygen atoms in total. The Labute approximate surface area is 137 Å². The standard InChI is InChI=1S/C10H9NO3S.Na.4H2O/c11-9-5-6-10(15(12,13)14)8-4-2-1-3-7(8)9;;;;;/h1-6H,11H2,(H,12,13,14);;4*1H2/q;+1;;;;/p-1. The average Bonchev–Trinajstić information content (AvgIpc) is 2.17. The van der Waals surface area contributed by atoms with E-state index in [1.54, 1.807) is 24.3 Å². The molecule has 0 unspecified atom stereocenters. The van der Waals surface area contributed by atoms with Crippen molar-refractivity contribution < 1.29 is 64.4 Å². The minimum absolute atomic E-state index is 0. The summed E-state index contributed by atoms with van der Waals surface area (Å²) in [6.07, 6.45) is 0. The van der Waals surface area contributed by atoms with Crippen LogP contribution in [-0.2, 0) is 10.1 Å². The Bertz CT molecular complexity index is 633. The SMILES string of the molecule is Nc1ccc(S(=O)(=O)[O-])c2ccccc12.O.O.O.O.[Na+]. The fraction of sp³-hybridized carbons (Fsp3) is 0. The molecule has 110 valence electrons. The molecule has 0 spiro atoms. The summed E-state index contributed by atoms with van der Waals surface area (Å²) < 4.78 is 32.9. The van der Waals surface area contributed by atoms with Crippen LogP contribution in [0.15, 0.2) is 41.3 Å². The van der Waals surface area contributed by atoms with Crippen molar-refractivity contribution in [3.8, 4) is 0 Å². The van der Waals surface area contributed by atoms with Crippen LogP contribution < -0.4 is 35.3 Å². The number of hydrogen-bond donors (Lipinski definition) is 1. The molecule has 0 radical (unpaired) electrons. The summed E-state index contributed by atoms with van der Waals surface area (Å²) in [4.78, 5) is -0.229. The summed E-state index contributed by atoms with van der Waals surface area (Å²) in [5, 5.41) is 0.946. The Morgan fingerprint density at radius 3 is 1.75 bits per heavy atom. The summed E-state index contributed by atoms with van der Waals surface area (Å²) in [5.41, 5.74) is 6.13. The van der Waals surface area contributed by atoms with Crippen LogP contribution in [0.4, 0.5) is 5.69 Å². The van der Waals surface area contributed by atoms with Gasteiger partial charge in [-0.3, -0.25) is 0 Å². The molecule has 0 amide bonds. The normalized spacial score (nSPS) is 8.85. The molecule has 0 aliphatic heterocycles. The van der Waals surface area contributed by atoms with Crippen LogP contribution in [0, 0.1) is 0 Å². The second-order valence-electron chi connectivity index (χ2n) is 3.15. The average molecular weight is 317 g/mol. The third-order valence-electron chi connectivity index (χ3n) is 2.19. The number of nitrogens with two attached hydrogens (primary N) is 1. The van der Waals surface area contributed by atoms with E-state index in [4.69, 9.17) is 5.73 Å². The maximum Gasteiger partial charge on any atom is 1.00 e. The number of nitrogen functional groups attached to an aromatic ring is 1. The predicted molar refractivity (Wildman–Crippen MR) is 70.8 cm³/mol. The van der Waals surface area contributed by atoms with Crippen LogP contribution in [0.3, 0.4) is 0 Å². The van der Waals surface area contributed by atoms with E-state index in [2.05, 4.69) is 0 Å². The van der Waals surface area contributed by atoms with E-state index in [1.165, 1.54) is 12.1 Å². The van der Waals surface area contributed by atoms with Crippen LogP contribution in [0.5, 0.6) is 0 Å². The van der Waals surface area contributed by atoms with Gasteiger partial charge in [-0.2, -0.15) is 0 Å². The summed E-state index contributed by atoms with van der Waals surface area (Å²) in [6.45, 7) is 0. The topological polar surface area (TPSA) is 209 Å². The van der Waals surface area contributed by atoms with Crippen molar-refractivity contribution in [1.82, 2.24) is 0 Å². The minimum atomic E-state index is -4.45. The third-order valence-corrected chi connectivity index (χ3v) is 3.08. The van der Waals surface area contributed by atoms with Gasteiger partial charge in [0.1, 0.15) is 10.1 Å². The number of benzene rings is 2. The first-order valence-electron chi connectivity index (χ1n) is 4.23. The van der Waals surface area contributed by atoms with Gasteiger partial charge in [0.05, 0.1) is 4.90 Å². The van der Waals surface area contributed by atoms with Gasteiger partial charge in [0.25, 0.3) is 0 Å². The maximum atomic E-state index is 11.0. The van der Waals surface area contributed by atoms with E-state index < -0.39 is 10.1 Å². The second kappa shape index (κ2) is 10.0. The molecular weight excluding hydrogens is 301 g/mol. The quantitative estimate of drug-likeness (QED) is 0.311. The molecule has 0 aliphatic carbocycles. The zero-order valence-electron chi connectivity index (χ0n) is 10.7. The van der Waals surface area contributed by atoms with Crippen molar-refractivity contribution in [2.45, 2.75) is 4.90 Å². The van der Waals surface area contributed by atoms with Crippen molar-refractivity contribution in [2.24, 2.45) is 0 Å². The summed E-state index contributed by atoms with van der Waals surface area (Å²) in [6, 6.07) is 9.30. The van der Waals surface area contributed by atoms with E-state index >= 15 is 0 Å². The molecule has 10 N–H and O–H groups in total. The van der Waals surface area contributed by atoms with Crippen molar-refractivity contribution >= 4 is 26.6 Å². The van der Waals surface area contributed by atoms with Gasteiger partial charge in [0.2, 0.25) is 0 Å². The van der Waals surface area contributed by atoms with Crippen molar-refractivity contribution in [2.75, 3.05) is 5.73 Å². The van der Waals surface area contributed by atoms with E-state index in [-0.39, 0.29) is 56.4 Å². The first-order valence-corrected chi connectivity index (χ1v) is 5.64. The summed E-state index contributed by atoms with van der Waals surface area (Å²) in [7, 11) is -4.45. The van der Waals surface area contributed by atoms with Gasteiger partial charge < -0.3 is 32.2 Å². The van der Waals surface area contributed by atoms with Gasteiger partial charge in [0.15, 0.2) is 0 Å². The molecule has 2 aromatic carbocycles. The molecule has 0 saturated heterocycles. The second-order valence-corrected chi connectivity index (χ2v) is 4.50. The molecule has 0 aromatic heterocycles. The Morgan fingerprint density at radius 2 is 1.30 bits per heavy atom. The Morgan fingerprint density at radius 1 is 0.850 bits per heavy atom.